The summed E-state index contributed by atoms with van der Waals surface area (Å²) in [7, 11) is 0. The average molecular weight is 406 g/mol. The van der Waals surface area contributed by atoms with Crippen LogP contribution in [0.3, 0.4) is 0 Å². The molecule has 2 amide bonds. The number of ether oxygens (including phenoxy) is 1. The second-order valence-electron chi connectivity index (χ2n) is 6.41. The molecule has 8 heteroatoms. The predicted molar refractivity (Wildman–Crippen MR) is 111 cm³/mol. The zero-order chi connectivity index (χ0) is 20.5. The van der Waals surface area contributed by atoms with Crippen LogP contribution in [0.25, 0.3) is 10.9 Å². The Bertz CT molecular complexity index is 821. The van der Waals surface area contributed by atoms with Gasteiger partial charge in [-0.15, -0.1) is 0 Å². The molecule has 2 rings (SSSR count). The van der Waals surface area contributed by atoms with Crippen molar-refractivity contribution in [3.8, 4) is 0 Å². The third kappa shape index (κ3) is 6.02. The van der Waals surface area contributed by atoms with E-state index < -0.39 is 24.0 Å². The predicted octanol–water partition coefficient (Wildman–Crippen LogP) is 2.02. The quantitative estimate of drug-likeness (QED) is 0.525. The van der Waals surface area contributed by atoms with Gasteiger partial charge >= 0.3 is 5.97 Å². The van der Waals surface area contributed by atoms with Crippen LogP contribution < -0.4 is 10.6 Å². The van der Waals surface area contributed by atoms with Crippen LogP contribution in [0.15, 0.2) is 30.5 Å². The third-order valence-electron chi connectivity index (χ3n) is 4.29. The molecule has 3 N–H and O–H groups in total. The summed E-state index contributed by atoms with van der Waals surface area (Å²) in [5.41, 5.74) is 1.88. The minimum absolute atomic E-state index is 0.245. The normalized spacial score (nSPS) is 13.0. The zero-order valence-corrected chi connectivity index (χ0v) is 17.2. The molecule has 7 nitrogen and oxygen atoms in total. The van der Waals surface area contributed by atoms with Crippen molar-refractivity contribution in [3.63, 3.8) is 0 Å². The summed E-state index contributed by atoms with van der Waals surface area (Å²) in [6, 6.07) is 6.24. The number of carbonyl (C=O) groups excluding carboxylic acids is 3. The van der Waals surface area contributed by atoms with Gasteiger partial charge in [0.15, 0.2) is 0 Å². The number of H-pyrrole nitrogens is 1. The van der Waals surface area contributed by atoms with Gasteiger partial charge in [-0.05, 0) is 37.0 Å². The molecule has 0 aliphatic rings. The van der Waals surface area contributed by atoms with Gasteiger partial charge in [-0.25, -0.2) is 4.79 Å². The monoisotopic (exact) mass is 405 g/mol. The van der Waals surface area contributed by atoms with Crippen molar-refractivity contribution < 1.29 is 19.1 Å². The Morgan fingerprint density at radius 2 is 1.93 bits per heavy atom. The van der Waals surface area contributed by atoms with Gasteiger partial charge in [0.1, 0.15) is 12.1 Å². The molecule has 0 bridgehead atoms. The van der Waals surface area contributed by atoms with E-state index in [1.54, 1.807) is 18.7 Å². The maximum Gasteiger partial charge on any atom is 0.328 e. The number of aromatic nitrogens is 1. The van der Waals surface area contributed by atoms with Crippen molar-refractivity contribution >= 4 is 40.4 Å². The van der Waals surface area contributed by atoms with Crippen molar-refractivity contribution in [1.29, 1.82) is 0 Å². The van der Waals surface area contributed by atoms with Crippen molar-refractivity contribution in [1.82, 2.24) is 15.6 Å². The number of para-hydroxylation sites is 1. The van der Waals surface area contributed by atoms with Crippen LogP contribution in [0.5, 0.6) is 0 Å². The number of fused-ring (bicyclic) bond motifs is 1. The molecule has 0 saturated carbocycles. The van der Waals surface area contributed by atoms with E-state index >= 15 is 0 Å². The Morgan fingerprint density at radius 3 is 2.61 bits per heavy atom. The number of hydrogen-bond donors (Lipinski definition) is 3. The van der Waals surface area contributed by atoms with Crippen LogP contribution in [0, 0.1) is 0 Å². The number of amides is 2. The van der Waals surface area contributed by atoms with Crippen molar-refractivity contribution in [2.75, 3.05) is 18.6 Å². The first kappa shape index (κ1) is 21.8. The van der Waals surface area contributed by atoms with E-state index in [4.69, 9.17) is 4.74 Å². The highest BCUT2D eigenvalue weighted by Gasteiger charge is 2.27. The molecule has 1 aromatic carbocycles. The Kier molecular flexibility index (Phi) is 8.38. The molecule has 0 fully saturated rings. The minimum atomic E-state index is -0.789. The number of hydrogen-bond acceptors (Lipinski definition) is 5. The van der Waals surface area contributed by atoms with Crippen LogP contribution in [-0.2, 0) is 25.5 Å². The highest BCUT2D eigenvalue weighted by molar-refractivity contribution is 7.98. The summed E-state index contributed by atoms with van der Waals surface area (Å²) < 4.78 is 5.07. The molecule has 0 saturated heterocycles. The minimum Gasteiger partial charge on any atom is -0.464 e. The fraction of sp³-hybridized carbons (Fsp3) is 0.450. The molecule has 0 radical (unpaired) electrons. The maximum atomic E-state index is 12.9. The van der Waals surface area contributed by atoms with Crippen molar-refractivity contribution in [3.05, 3.63) is 36.0 Å². The van der Waals surface area contributed by atoms with Gasteiger partial charge in [-0.1, -0.05) is 18.2 Å². The summed E-state index contributed by atoms with van der Waals surface area (Å²) in [4.78, 5) is 39.9. The summed E-state index contributed by atoms with van der Waals surface area (Å²) in [6.07, 6.45) is 4.55. The topological polar surface area (TPSA) is 100 Å². The Morgan fingerprint density at radius 1 is 1.18 bits per heavy atom. The molecule has 2 atom stereocenters. The molecule has 1 heterocycles. The molecule has 0 unspecified atom stereocenters. The van der Waals surface area contributed by atoms with Crippen LogP contribution in [-0.4, -0.2) is 53.5 Å². The Labute approximate surface area is 169 Å². The van der Waals surface area contributed by atoms with Crippen LogP contribution in [0.4, 0.5) is 0 Å². The Hall–Kier alpha value is -2.48. The molecular weight excluding hydrogens is 378 g/mol. The van der Waals surface area contributed by atoms with E-state index in [1.165, 1.54) is 6.92 Å². The summed E-state index contributed by atoms with van der Waals surface area (Å²) in [5, 5.41) is 6.44. The summed E-state index contributed by atoms with van der Waals surface area (Å²) in [6.45, 7) is 3.34. The number of carbonyl (C=O) groups is 3. The van der Waals surface area contributed by atoms with Crippen LogP contribution >= 0.6 is 11.8 Å². The van der Waals surface area contributed by atoms with Crippen molar-refractivity contribution in [2.24, 2.45) is 0 Å². The highest BCUT2D eigenvalue weighted by atomic mass is 32.2. The molecule has 0 aliphatic heterocycles. The average Bonchev–Trinajstić information content (AvgIpc) is 3.07. The van der Waals surface area contributed by atoms with Gasteiger partial charge in [-0.2, -0.15) is 11.8 Å². The number of nitrogens with one attached hydrogen (secondary N) is 3. The molecule has 2 aromatic rings. The molecule has 1 aromatic heterocycles. The second-order valence-corrected chi connectivity index (χ2v) is 7.40. The zero-order valence-electron chi connectivity index (χ0n) is 16.4. The fourth-order valence-electron chi connectivity index (χ4n) is 2.97. The number of thioether (sulfide) groups is 1. The lowest BCUT2D eigenvalue weighted by molar-refractivity contribution is -0.147. The van der Waals surface area contributed by atoms with E-state index in [2.05, 4.69) is 15.6 Å². The smallest absolute Gasteiger partial charge is 0.328 e. The van der Waals surface area contributed by atoms with Gasteiger partial charge in [0.25, 0.3) is 0 Å². The lowest BCUT2D eigenvalue weighted by Crippen LogP contribution is -2.52. The lowest BCUT2D eigenvalue weighted by Gasteiger charge is -2.22. The molecule has 28 heavy (non-hydrogen) atoms. The number of benzene rings is 1. The number of esters is 1. The summed E-state index contributed by atoms with van der Waals surface area (Å²) in [5.74, 6) is -0.466. The first-order valence-corrected chi connectivity index (χ1v) is 10.6. The van der Waals surface area contributed by atoms with Crippen molar-refractivity contribution in [2.45, 2.75) is 38.8 Å². The van der Waals surface area contributed by atoms with Gasteiger partial charge < -0.3 is 20.4 Å². The van der Waals surface area contributed by atoms with E-state index in [-0.39, 0.29) is 12.5 Å². The SMILES string of the molecule is CCOC(=O)[C@H](CCSC)NC(=O)[C@@H](Cc1c[nH]c2ccccc12)NC(C)=O. The lowest BCUT2D eigenvalue weighted by atomic mass is 10.0. The largest absolute Gasteiger partial charge is 0.464 e. The van der Waals surface area contributed by atoms with Crippen LogP contribution in [0.1, 0.15) is 25.8 Å². The first-order chi connectivity index (χ1) is 13.5. The van der Waals surface area contributed by atoms with Crippen LogP contribution in [0.2, 0.25) is 0 Å². The fourth-order valence-corrected chi connectivity index (χ4v) is 3.45. The first-order valence-electron chi connectivity index (χ1n) is 9.24. The maximum absolute atomic E-state index is 12.9. The summed E-state index contributed by atoms with van der Waals surface area (Å²) >= 11 is 1.58. The number of rotatable bonds is 10. The van der Waals surface area contributed by atoms with Gasteiger partial charge in [0.05, 0.1) is 6.61 Å². The second kappa shape index (κ2) is 10.8. The molecule has 0 spiro atoms. The molecular formula is C20H27N3O4S. The van der Waals surface area contributed by atoms with E-state index in [9.17, 15) is 14.4 Å². The van der Waals surface area contributed by atoms with E-state index in [1.807, 2.05) is 36.7 Å². The Balaban J connectivity index is 2.16. The number of aromatic amines is 1. The molecule has 0 aliphatic carbocycles. The third-order valence-corrected chi connectivity index (χ3v) is 4.94. The van der Waals surface area contributed by atoms with Gasteiger partial charge in [0, 0.05) is 30.4 Å². The van der Waals surface area contributed by atoms with E-state index in [0.29, 0.717) is 18.6 Å². The highest BCUT2D eigenvalue weighted by Crippen LogP contribution is 2.19. The molecule has 152 valence electrons. The van der Waals surface area contributed by atoms with E-state index in [0.717, 1.165) is 16.5 Å². The standard InChI is InChI=1S/C20H27N3O4S/c1-4-27-20(26)17(9-10-28-3)23-19(25)18(22-13(2)24)11-14-12-21-16-8-6-5-7-15(14)16/h5-8,12,17-18,21H,4,9-11H2,1-3H3,(H,22,24)(H,23,25)/t17-,18+/m0/s1. The van der Waals surface area contributed by atoms with Gasteiger partial charge in [-0.3, -0.25) is 9.59 Å². The van der Waals surface area contributed by atoms with Gasteiger partial charge in [0.2, 0.25) is 11.8 Å².